The zero-order valence-corrected chi connectivity index (χ0v) is 9.60. The summed E-state index contributed by atoms with van der Waals surface area (Å²) in [4.78, 5) is 0. The lowest BCUT2D eigenvalue weighted by Crippen LogP contribution is -2.20. The normalized spacial score (nSPS) is 10.9. The summed E-state index contributed by atoms with van der Waals surface area (Å²) < 4.78 is 6.99. The van der Waals surface area contributed by atoms with Crippen LogP contribution in [0.2, 0.25) is 0 Å². The van der Waals surface area contributed by atoms with Crippen LogP contribution in [0.15, 0.2) is 23.0 Å². The van der Waals surface area contributed by atoms with Crippen LogP contribution in [-0.4, -0.2) is 21.5 Å². The van der Waals surface area contributed by atoms with Gasteiger partial charge in [0, 0.05) is 31.0 Å². The second kappa shape index (κ2) is 4.94. The predicted octanol–water partition coefficient (Wildman–Crippen LogP) is 1.28. The molecule has 2 rings (SSSR count). The minimum absolute atomic E-state index is 0.794. The summed E-state index contributed by atoms with van der Waals surface area (Å²) in [6, 6.07) is 1.92. The first kappa shape index (κ1) is 10.9. The van der Waals surface area contributed by atoms with Gasteiger partial charge in [-0.2, -0.15) is 5.10 Å². The molecule has 0 bridgehead atoms. The maximum Gasteiger partial charge on any atom is 0.138 e. The second-order valence-electron chi connectivity index (χ2n) is 3.75. The minimum Gasteiger partial charge on any atom is -0.361 e. The largest absolute Gasteiger partial charge is 0.361 e. The number of rotatable bonds is 5. The van der Waals surface area contributed by atoms with Gasteiger partial charge in [0.2, 0.25) is 0 Å². The molecule has 0 aromatic carbocycles. The summed E-state index contributed by atoms with van der Waals surface area (Å²) >= 11 is 0. The molecular formula is C11H16N4O. The van der Waals surface area contributed by atoms with Gasteiger partial charge < -0.3 is 9.84 Å². The van der Waals surface area contributed by atoms with E-state index in [-0.39, 0.29) is 0 Å². The van der Waals surface area contributed by atoms with Crippen LogP contribution in [-0.2, 0) is 13.1 Å². The molecule has 5 heteroatoms. The SMILES string of the molecule is Cc1noc(C)c1CNCCn1cccn1. The summed E-state index contributed by atoms with van der Waals surface area (Å²) in [5.41, 5.74) is 2.12. The van der Waals surface area contributed by atoms with Crippen molar-refractivity contribution >= 4 is 0 Å². The van der Waals surface area contributed by atoms with Gasteiger partial charge >= 0.3 is 0 Å². The lowest BCUT2D eigenvalue weighted by molar-refractivity contribution is 0.391. The molecule has 2 aromatic rings. The van der Waals surface area contributed by atoms with Crippen LogP contribution in [0.1, 0.15) is 17.0 Å². The third-order valence-corrected chi connectivity index (χ3v) is 2.56. The van der Waals surface area contributed by atoms with E-state index in [1.165, 1.54) is 0 Å². The highest BCUT2D eigenvalue weighted by atomic mass is 16.5. The van der Waals surface area contributed by atoms with E-state index < -0.39 is 0 Å². The number of hydrogen-bond acceptors (Lipinski definition) is 4. The first-order valence-corrected chi connectivity index (χ1v) is 5.37. The average molecular weight is 220 g/mol. The van der Waals surface area contributed by atoms with Gasteiger partial charge in [-0.25, -0.2) is 0 Å². The van der Waals surface area contributed by atoms with Gasteiger partial charge in [0.05, 0.1) is 12.2 Å². The Hall–Kier alpha value is -1.62. The fourth-order valence-electron chi connectivity index (χ4n) is 1.59. The topological polar surface area (TPSA) is 55.9 Å². The standard InChI is InChI=1S/C11H16N4O/c1-9-11(10(2)16-14-9)8-12-5-7-15-6-3-4-13-15/h3-4,6,12H,5,7-8H2,1-2H3. The highest BCUT2D eigenvalue weighted by Crippen LogP contribution is 2.11. The monoisotopic (exact) mass is 220 g/mol. The van der Waals surface area contributed by atoms with Crippen molar-refractivity contribution in [3.05, 3.63) is 35.5 Å². The van der Waals surface area contributed by atoms with Gasteiger partial charge in [-0.1, -0.05) is 5.16 Å². The van der Waals surface area contributed by atoms with E-state index in [4.69, 9.17) is 4.52 Å². The number of aromatic nitrogens is 3. The maximum absolute atomic E-state index is 5.09. The van der Waals surface area contributed by atoms with Crippen LogP contribution in [0.4, 0.5) is 0 Å². The molecule has 2 heterocycles. The quantitative estimate of drug-likeness (QED) is 0.771. The molecule has 0 atom stereocenters. The fraction of sp³-hybridized carbons (Fsp3) is 0.455. The van der Waals surface area contributed by atoms with Gasteiger partial charge in [0.1, 0.15) is 5.76 Å². The minimum atomic E-state index is 0.794. The van der Waals surface area contributed by atoms with Crippen molar-refractivity contribution in [3.63, 3.8) is 0 Å². The summed E-state index contributed by atoms with van der Waals surface area (Å²) in [6.45, 7) is 6.44. The van der Waals surface area contributed by atoms with E-state index in [1.54, 1.807) is 6.20 Å². The first-order valence-electron chi connectivity index (χ1n) is 5.37. The maximum atomic E-state index is 5.09. The van der Waals surface area contributed by atoms with Crippen molar-refractivity contribution in [3.8, 4) is 0 Å². The van der Waals surface area contributed by atoms with Gasteiger partial charge in [-0.05, 0) is 19.9 Å². The molecule has 0 aliphatic heterocycles. The van der Waals surface area contributed by atoms with E-state index in [9.17, 15) is 0 Å². The molecule has 0 aliphatic carbocycles. The van der Waals surface area contributed by atoms with E-state index >= 15 is 0 Å². The molecule has 5 nitrogen and oxygen atoms in total. The number of hydrogen-bond donors (Lipinski definition) is 1. The Labute approximate surface area is 94.4 Å². The van der Waals surface area contributed by atoms with Gasteiger partial charge in [-0.3, -0.25) is 4.68 Å². The van der Waals surface area contributed by atoms with Crippen molar-refractivity contribution in [2.75, 3.05) is 6.54 Å². The Balaban J connectivity index is 1.76. The molecule has 0 saturated carbocycles. The first-order chi connectivity index (χ1) is 7.77. The Bertz CT molecular complexity index is 413. The van der Waals surface area contributed by atoms with Gasteiger partial charge in [-0.15, -0.1) is 0 Å². The van der Waals surface area contributed by atoms with Crippen LogP contribution in [0.3, 0.4) is 0 Å². The Kier molecular flexibility index (Phi) is 3.36. The molecule has 0 saturated heterocycles. The molecule has 1 N–H and O–H groups in total. The van der Waals surface area contributed by atoms with Crippen molar-refractivity contribution < 1.29 is 4.52 Å². The fourth-order valence-corrected chi connectivity index (χ4v) is 1.59. The van der Waals surface area contributed by atoms with Crippen molar-refractivity contribution in [2.24, 2.45) is 0 Å². The third-order valence-electron chi connectivity index (χ3n) is 2.56. The smallest absolute Gasteiger partial charge is 0.138 e. The second-order valence-corrected chi connectivity index (χ2v) is 3.75. The zero-order chi connectivity index (χ0) is 11.4. The summed E-state index contributed by atoms with van der Waals surface area (Å²) in [6.07, 6.45) is 3.74. The lowest BCUT2D eigenvalue weighted by Gasteiger charge is -2.04. The molecule has 0 spiro atoms. The van der Waals surface area contributed by atoms with E-state index in [0.29, 0.717) is 0 Å². The third kappa shape index (κ3) is 2.49. The lowest BCUT2D eigenvalue weighted by atomic mass is 10.2. The van der Waals surface area contributed by atoms with E-state index in [2.05, 4.69) is 15.6 Å². The van der Waals surface area contributed by atoms with Gasteiger partial charge in [0.15, 0.2) is 0 Å². The van der Waals surface area contributed by atoms with Crippen LogP contribution < -0.4 is 5.32 Å². The van der Waals surface area contributed by atoms with Crippen molar-refractivity contribution in [2.45, 2.75) is 26.9 Å². The summed E-state index contributed by atoms with van der Waals surface area (Å²) in [5, 5.41) is 11.4. The van der Waals surface area contributed by atoms with Crippen molar-refractivity contribution in [1.82, 2.24) is 20.3 Å². The van der Waals surface area contributed by atoms with Crippen LogP contribution in [0.25, 0.3) is 0 Å². The molecule has 0 aliphatic rings. The zero-order valence-electron chi connectivity index (χ0n) is 9.60. The van der Waals surface area contributed by atoms with Gasteiger partial charge in [0.25, 0.3) is 0 Å². The Morgan fingerprint density at radius 1 is 1.44 bits per heavy atom. The highest BCUT2D eigenvalue weighted by molar-refractivity contribution is 5.20. The summed E-state index contributed by atoms with van der Waals surface area (Å²) in [5.74, 6) is 0.893. The molecule has 2 aromatic heterocycles. The molecule has 0 unspecified atom stereocenters. The van der Waals surface area contributed by atoms with Crippen LogP contribution in [0, 0.1) is 13.8 Å². The number of nitrogens with zero attached hydrogens (tertiary/aromatic N) is 3. The Morgan fingerprint density at radius 3 is 2.94 bits per heavy atom. The predicted molar refractivity (Wildman–Crippen MR) is 59.9 cm³/mol. The van der Waals surface area contributed by atoms with E-state index in [1.807, 2.05) is 30.8 Å². The molecule has 16 heavy (non-hydrogen) atoms. The van der Waals surface area contributed by atoms with Crippen molar-refractivity contribution in [1.29, 1.82) is 0 Å². The van der Waals surface area contributed by atoms with E-state index in [0.717, 1.165) is 36.7 Å². The van der Waals surface area contributed by atoms with Crippen LogP contribution in [0.5, 0.6) is 0 Å². The molecule has 0 radical (unpaired) electrons. The Morgan fingerprint density at radius 2 is 2.31 bits per heavy atom. The molecule has 0 fully saturated rings. The average Bonchev–Trinajstić information content (AvgIpc) is 2.87. The highest BCUT2D eigenvalue weighted by Gasteiger charge is 2.07. The summed E-state index contributed by atoms with van der Waals surface area (Å²) in [7, 11) is 0. The van der Waals surface area contributed by atoms with Crippen LogP contribution >= 0.6 is 0 Å². The molecule has 0 amide bonds. The number of aryl methyl sites for hydroxylation is 2. The molecular weight excluding hydrogens is 204 g/mol. The number of nitrogens with one attached hydrogen (secondary N) is 1. The molecule has 86 valence electrons.